The first-order chi connectivity index (χ1) is 19.9. The lowest BCUT2D eigenvalue weighted by Crippen LogP contribution is -2.50. The lowest BCUT2D eigenvalue weighted by molar-refractivity contribution is -0.136. The van der Waals surface area contributed by atoms with Crippen molar-refractivity contribution in [3.63, 3.8) is 0 Å². The maximum absolute atomic E-state index is 15.1. The van der Waals surface area contributed by atoms with Gasteiger partial charge in [-0.15, -0.1) is 0 Å². The van der Waals surface area contributed by atoms with Crippen molar-refractivity contribution in [3.05, 3.63) is 78.2 Å². The van der Waals surface area contributed by atoms with Crippen LogP contribution in [-0.4, -0.2) is 73.2 Å². The van der Waals surface area contributed by atoms with Gasteiger partial charge in [0.15, 0.2) is 0 Å². The largest absolute Gasteiger partial charge is 0.444 e. The van der Waals surface area contributed by atoms with E-state index in [1.165, 1.54) is 11.0 Å². The minimum atomic E-state index is -0.584. The molecule has 2 fully saturated rings. The molecule has 41 heavy (non-hydrogen) atoms. The maximum atomic E-state index is 15.1. The van der Waals surface area contributed by atoms with E-state index in [0.717, 1.165) is 11.4 Å². The van der Waals surface area contributed by atoms with E-state index in [0.29, 0.717) is 56.0 Å². The third kappa shape index (κ3) is 6.98. The fourth-order valence-corrected chi connectivity index (χ4v) is 4.93. The summed E-state index contributed by atoms with van der Waals surface area (Å²) in [6, 6.07) is 17.9. The second-order valence-corrected chi connectivity index (χ2v) is 10.0. The number of pyridine rings is 1. The van der Waals surface area contributed by atoms with Crippen LogP contribution in [0, 0.1) is 5.82 Å². The van der Waals surface area contributed by atoms with E-state index in [9.17, 15) is 14.4 Å². The van der Waals surface area contributed by atoms with Crippen LogP contribution in [0.2, 0.25) is 0 Å². The highest BCUT2D eigenvalue weighted by Crippen LogP contribution is 2.30. The molecule has 0 aliphatic carbocycles. The molecule has 2 aliphatic heterocycles. The lowest BCUT2D eigenvalue weighted by Gasteiger charge is -2.35. The minimum Gasteiger partial charge on any atom is -0.444 e. The van der Waals surface area contributed by atoms with Crippen molar-refractivity contribution in [3.8, 4) is 11.1 Å². The predicted octanol–water partition coefficient (Wildman–Crippen LogP) is 3.34. The monoisotopic (exact) mass is 561 g/mol. The van der Waals surface area contributed by atoms with Crippen molar-refractivity contribution >= 4 is 29.4 Å². The van der Waals surface area contributed by atoms with Gasteiger partial charge in [0.05, 0.1) is 18.8 Å². The average Bonchev–Trinajstić information content (AvgIpc) is 3.37. The van der Waals surface area contributed by atoms with Gasteiger partial charge in [-0.1, -0.05) is 30.3 Å². The molecule has 1 aromatic heterocycles. The number of carbonyl (C=O) groups excluding carboxylic acids is 3. The topological polar surface area (TPSA) is 118 Å². The number of halogens is 1. The summed E-state index contributed by atoms with van der Waals surface area (Å²) in [6.45, 7) is 3.06. The predicted molar refractivity (Wildman–Crippen MR) is 151 cm³/mol. The highest BCUT2D eigenvalue weighted by atomic mass is 19.1. The number of anilines is 2. The van der Waals surface area contributed by atoms with Gasteiger partial charge in [0.2, 0.25) is 11.8 Å². The second-order valence-electron chi connectivity index (χ2n) is 10.0. The molecule has 3 aromatic rings. The summed E-state index contributed by atoms with van der Waals surface area (Å²) in [5, 5.41) is 0. The number of rotatable bonds is 10. The molecule has 11 heteroatoms. The van der Waals surface area contributed by atoms with Gasteiger partial charge in [0.1, 0.15) is 24.3 Å². The van der Waals surface area contributed by atoms with Crippen molar-refractivity contribution in [2.45, 2.75) is 25.6 Å². The Balaban J connectivity index is 1.13. The molecule has 0 saturated carbocycles. The SMILES string of the molecule is NC(=O)CCC1CN(c2ccc(-c3ccc(N4CCN(C(=O)COCc5ccccc5)CC4)nc3)c(F)c2)C(=O)O1. The van der Waals surface area contributed by atoms with Crippen LogP contribution in [0.5, 0.6) is 0 Å². The fraction of sp³-hybridized carbons (Fsp3) is 0.333. The molecule has 3 heterocycles. The summed E-state index contributed by atoms with van der Waals surface area (Å²) < 4.78 is 26.0. The van der Waals surface area contributed by atoms with Crippen molar-refractivity contribution in [2.75, 3.05) is 49.1 Å². The van der Waals surface area contributed by atoms with Gasteiger partial charge in [-0.05, 0) is 42.3 Å². The van der Waals surface area contributed by atoms with Crippen LogP contribution in [0.25, 0.3) is 11.1 Å². The van der Waals surface area contributed by atoms with Crippen molar-refractivity contribution in [1.82, 2.24) is 9.88 Å². The number of carbonyl (C=O) groups is 3. The highest BCUT2D eigenvalue weighted by molar-refractivity contribution is 5.90. The van der Waals surface area contributed by atoms with Crippen LogP contribution in [0.4, 0.5) is 20.7 Å². The Bertz CT molecular complexity index is 1380. The van der Waals surface area contributed by atoms with E-state index in [-0.39, 0.29) is 25.5 Å². The van der Waals surface area contributed by atoms with Gasteiger partial charge in [0, 0.05) is 49.9 Å². The Morgan fingerprint density at radius 1 is 1.05 bits per heavy atom. The summed E-state index contributed by atoms with van der Waals surface area (Å²) in [5.74, 6) is -0.245. The number of piperazine rings is 1. The average molecular weight is 562 g/mol. The van der Waals surface area contributed by atoms with Gasteiger partial charge in [-0.2, -0.15) is 0 Å². The molecule has 214 valence electrons. The number of ether oxygens (including phenoxy) is 2. The molecule has 2 N–H and O–H groups in total. The zero-order valence-electron chi connectivity index (χ0n) is 22.6. The summed E-state index contributed by atoms with van der Waals surface area (Å²) in [7, 11) is 0. The molecule has 2 saturated heterocycles. The zero-order chi connectivity index (χ0) is 28.8. The normalized spacial score (nSPS) is 17.0. The van der Waals surface area contributed by atoms with Crippen LogP contribution in [0.15, 0.2) is 66.9 Å². The van der Waals surface area contributed by atoms with Gasteiger partial charge in [-0.25, -0.2) is 14.2 Å². The van der Waals surface area contributed by atoms with Crippen LogP contribution in [0.1, 0.15) is 18.4 Å². The molecule has 1 unspecified atom stereocenters. The highest BCUT2D eigenvalue weighted by Gasteiger charge is 2.32. The van der Waals surface area contributed by atoms with Crippen molar-refractivity contribution < 1.29 is 28.2 Å². The van der Waals surface area contributed by atoms with Gasteiger partial charge >= 0.3 is 6.09 Å². The number of nitrogens with zero attached hydrogens (tertiary/aromatic N) is 4. The van der Waals surface area contributed by atoms with E-state index in [4.69, 9.17) is 15.2 Å². The molecule has 0 radical (unpaired) electrons. The van der Waals surface area contributed by atoms with Gasteiger partial charge in [0.25, 0.3) is 0 Å². The summed E-state index contributed by atoms with van der Waals surface area (Å²) in [6.07, 6.45) is 0.999. The first kappa shape index (κ1) is 28.0. The van der Waals surface area contributed by atoms with Crippen LogP contribution in [-0.2, 0) is 25.7 Å². The molecular formula is C30H32FN5O5. The zero-order valence-corrected chi connectivity index (χ0v) is 22.6. The third-order valence-electron chi connectivity index (χ3n) is 7.20. The Kier molecular flexibility index (Phi) is 8.73. The van der Waals surface area contributed by atoms with Crippen LogP contribution >= 0.6 is 0 Å². The molecule has 3 amide bonds. The van der Waals surface area contributed by atoms with Crippen molar-refractivity contribution in [1.29, 1.82) is 0 Å². The maximum Gasteiger partial charge on any atom is 0.414 e. The lowest BCUT2D eigenvalue weighted by atomic mass is 10.1. The van der Waals surface area contributed by atoms with E-state index in [1.54, 1.807) is 29.3 Å². The van der Waals surface area contributed by atoms with Crippen LogP contribution < -0.4 is 15.5 Å². The van der Waals surface area contributed by atoms with Crippen molar-refractivity contribution in [2.24, 2.45) is 5.73 Å². The number of hydrogen-bond donors (Lipinski definition) is 1. The smallest absolute Gasteiger partial charge is 0.414 e. The van der Waals surface area contributed by atoms with Gasteiger partial charge < -0.3 is 25.0 Å². The molecule has 2 aromatic carbocycles. The van der Waals surface area contributed by atoms with E-state index in [2.05, 4.69) is 9.88 Å². The number of primary amides is 1. The summed E-state index contributed by atoms with van der Waals surface area (Å²) in [5.41, 5.74) is 7.53. The van der Waals surface area contributed by atoms with Crippen LogP contribution in [0.3, 0.4) is 0 Å². The first-order valence-corrected chi connectivity index (χ1v) is 13.5. The molecule has 2 aliphatic rings. The summed E-state index contributed by atoms with van der Waals surface area (Å²) >= 11 is 0. The van der Waals surface area contributed by atoms with E-state index < -0.39 is 23.9 Å². The van der Waals surface area contributed by atoms with E-state index in [1.807, 2.05) is 36.4 Å². The standard InChI is InChI=1S/C30H32FN5O5/c31-26-16-23(36-18-24(41-30(36)39)8-10-27(32)37)7-9-25(26)22-6-11-28(33-17-22)34-12-14-35(15-13-34)29(38)20-40-19-21-4-2-1-3-5-21/h1-7,9,11,16-17,24H,8,10,12-15,18-20H2,(H2,32,37). The first-order valence-electron chi connectivity index (χ1n) is 13.5. The fourth-order valence-electron chi connectivity index (χ4n) is 4.93. The molecular weight excluding hydrogens is 529 g/mol. The Labute approximate surface area is 237 Å². The number of nitrogens with two attached hydrogens (primary N) is 1. The third-order valence-corrected chi connectivity index (χ3v) is 7.20. The molecule has 5 rings (SSSR count). The Hall–Kier alpha value is -4.51. The number of cyclic esters (lactones) is 1. The number of aromatic nitrogens is 1. The Morgan fingerprint density at radius 2 is 1.83 bits per heavy atom. The Morgan fingerprint density at radius 3 is 2.51 bits per heavy atom. The number of hydrogen-bond acceptors (Lipinski definition) is 7. The molecule has 1 atom stereocenters. The molecule has 0 spiro atoms. The quantitative estimate of drug-likeness (QED) is 0.403. The second kappa shape index (κ2) is 12.8. The minimum absolute atomic E-state index is 0.0359. The molecule has 10 nitrogen and oxygen atoms in total. The van der Waals surface area contributed by atoms with E-state index >= 15 is 4.39 Å². The number of amides is 3. The number of benzene rings is 2. The molecule has 0 bridgehead atoms. The summed E-state index contributed by atoms with van der Waals surface area (Å²) in [4.78, 5) is 45.6. The van der Waals surface area contributed by atoms with Gasteiger partial charge in [-0.3, -0.25) is 14.5 Å².